The van der Waals surface area contributed by atoms with E-state index in [2.05, 4.69) is 5.32 Å². The van der Waals surface area contributed by atoms with Crippen LogP contribution < -0.4 is 10.1 Å². The van der Waals surface area contributed by atoms with Crippen molar-refractivity contribution in [3.63, 3.8) is 0 Å². The first-order chi connectivity index (χ1) is 10.8. The molecule has 0 aliphatic heterocycles. The van der Waals surface area contributed by atoms with Gasteiger partial charge in [0.25, 0.3) is 0 Å². The van der Waals surface area contributed by atoms with Gasteiger partial charge in [0.1, 0.15) is 5.75 Å². The number of rotatable bonds is 9. The summed E-state index contributed by atoms with van der Waals surface area (Å²) in [5.41, 5.74) is 0. The number of likely N-dealkylation sites (N-methyl/N-ethyl adjacent to an activating group) is 1. The molecular formula is C16H26N2O4S. The molecule has 130 valence electrons. The van der Waals surface area contributed by atoms with E-state index in [0.29, 0.717) is 12.4 Å². The predicted molar refractivity (Wildman–Crippen MR) is 89.9 cm³/mol. The lowest BCUT2D eigenvalue weighted by Gasteiger charge is -2.21. The molecule has 1 aromatic carbocycles. The molecule has 6 nitrogen and oxygen atoms in total. The van der Waals surface area contributed by atoms with Gasteiger partial charge in [-0.1, -0.05) is 13.8 Å². The van der Waals surface area contributed by atoms with Gasteiger partial charge < -0.3 is 10.1 Å². The summed E-state index contributed by atoms with van der Waals surface area (Å²) in [7, 11) is -3.70. The van der Waals surface area contributed by atoms with E-state index in [9.17, 15) is 13.2 Å². The van der Waals surface area contributed by atoms with Crippen molar-refractivity contribution in [3.05, 3.63) is 24.3 Å². The largest absolute Gasteiger partial charge is 0.494 e. The van der Waals surface area contributed by atoms with Gasteiger partial charge in [-0.2, -0.15) is 4.31 Å². The standard InChI is InChI=1S/C16H26N2O4S/c1-5-13(4)17-16(19)12-18(6-2)23(20,21)15-10-8-14(9-11-15)22-7-3/h8-11,13H,5-7,12H2,1-4H3,(H,17,19)/t13-/m0/s1. The first kappa shape index (κ1) is 19.4. The molecule has 0 heterocycles. The Kier molecular flexibility index (Phi) is 7.51. The maximum Gasteiger partial charge on any atom is 0.243 e. The molecule has 0 fully saturated rings. The Bertz CT molecular complexity index is 599. The molecule has 1 aromatic rings. The number of sulfonamides is 1. The van der Waals surface area contributed by atoms with Crippen molar-refractivity contribution in [1.82, 2.24) is 9.62 Å². The zero-order valence-electron chi connectivity index (χ0n) is 14.2. The van der Waals surface area contributed by atoms with Crippen LogP contribution in [0.5, 0.6) is 5.75 Å². The monoisotopic (exact) mass is 342 g/mol. The molecule has 0 spiro atoms. The second-order valence-corrected chi connectivity index (χ2v) is 7.15. The van der Waals surface area contributed by atoms with Crippen molar-refractivity contribution >= 4 is 15.9 Å². The van der Waals surface area contributed by atoms with Crippen LogP contribution in [-0.2, 0) is 14.8 Å². The normalized spacial score (nSPS) is 12.9. The van der Waals surface area contributed by atoms with Crippen LogP contribution in [0.25, 0.3) is 0 Å². The second-order valence-electron chi connectivity index (χ2n) is 5.21. The van der Waals surface area contributed by atoms with Crippen molar-refractivity contribution in [1.29, 1.82) is 0 Å². The van der Waals surface area contributed by atoms with Crippen LogP contribution in [-0.4, -0.2) is 44.4 Å². The molecule has 1 atom stereocenters. The van der Waals surface area contributed by atoms with Gasteiger partial charge in [0, 0.05) is 12.6 Å². The van der Waals surface area contributed by atoms with Crippen LogP contribution in [0, 0.1) is 0 Å². The zero-order valence-corrected chi connectivity index (χ0v) is 15.0. The maximum atomic E-state index is 12.6. The van der Waals surface area contributed by atoms with Crippen LogP contribution >= 0.6 is 0 Å². The second kappa shape index (κ2) is 8.88. The van der Waals surface area contributed by atoms with E-state index in [1.807, 2.05) is 20.8 Å². The molecule has 0 saturated heterocycles. The van der Waals surface area contributed by atoms with E-state index >= 15 is 0 Å². The molecule has 7 heteroatoms. The number of nitrogens with zero attached hydrogens (tertiary/aromatic N) is 1. The van der Waals surface area contributed by atoms with Crippen molar-refractivity contribution in [2.24, 2.45) is 0 Å². The Labute approximate surface area is 138 Å². The van der Waals surface area contributed by atoms with Gasteiger partial charge in [-0.05, 0) is 44.5 Å². The fourth-order valence-electron chi connectivity index (χ4n) is 1.97. The van der Waals surface area contributed by atoms with Gasteiger partial charge in [-0.15, -0.1) is 0 Å². The van der Waals surface area contributed by atoms with Gasteiger partial charge in [0.15, 0.2) is 0 Å². The highest BCUT2D eigenvalue weighted by Gasteiger charge is 2.25. The Morgan fingerprint density at radius 3 is 2.30 bits per heavy atom. The first-order valence-corrected chi connectivity index (χ1v) is 9.31. The van der Waals surface area contributed by atoms with Crippen molar-refractivity contribution < 1.29 is 17.9 Å². The summed E-state index contributed by atoms with van der Waals surface area (Å²) < 4.78 is 31.7. The topological polar surface area (TPSA) is 75.7 Å². The Morgan fingerprint density at radius 1 is 1.22 bits per heavy atom. The maximum absolute atomic E-state index is 12.6. The highest BCUT2D eigenvalue weighted by atomic mass is 32.2. The predicted octanol–water partition coefficient (Wildman–Crippen LogP) is 2.01. The SMILES string of the molecule is CCOc1ccc(S(=O)(=O)N(CC)CC(=O)N[C@@H](C)CC)cc1. The molecular weight excluding hydrogens is 316 g/mol. The minimum absolute atomic E-state index is 0.0226. The van der Waals surface area contributed by atoms with Gasteiger partial charge >= 0.3 is 0 Å². The lowest BCUT2D eigenvalue weighted by Crippen LogP contribution is -2.43. The first-order valence-electron chi connectivity index (χ1n) is 7.87. The molecule has 0 aliphatic carbocycles. The summed E-state index contributed by atoms with van der Waals surface area (Å²) in [6.07, 6.45) is 0.795. The van der Waals surface area contributed by atoms with E-state index in [0.717, 1.165) is 6.42 Å². The third-order valence-electron chi connectivity index (χ3n) is 3.46. The lowest BCUT2D eigenvalue weighted by atomic mass is 10.2. The molecule has 0 aliphatic rings. The van der Waals surface area contributed by atoms with Crippen molar-refractivity contribution in [3.8, 4) is 5.75 Å². The minimum Gasteiger partial charge on any atom is -0.494 e. The summed E-state index contributed by atoms with van der Waals surface area (Å²) >= 11 is 0. The highest BCUT2D eigenvalue weighted by molar-refractivity contribution is 7.89. The number of carbonyl (C=O) groups excluding carboxylic acids is 1. The molecule has 1 N–H and O–H groups in total. The number of amides is 1. The van der Waals surface area contributed by atoms with Crippen LogP contribution in [0.2, 0.25) is 0 Å². The van der Waals surface area contributed by atoms with E-state index in [4.69, 9.17) is 4.74 Å². The smallest absolute Gasteiger partial charge is 0.243 e. The van der Waals surface area contributed by atoms with Crippen LogP contribution in [0.1, 0.15) is 34.1 Å². The minimum atomic E-state index is -3.70. The van der Waals surface area contributed by atoms with E-state index < -0.39 is 10.0 Å². The van der Waals surface area contributed by atoms with Crippen LogP contribution in [0.4, 0.5) is 0 Å². The van der Waals surface area contributed by atoms with E-state index in [1.54, 1.807) is 19.1 Å². The third-order valence-corrected chi connectivity index (χ3v) is 5.40. The quantitative estimate of drug-likeness (QED) is 0.745. The number of ether oxygens (including phenoxy) is 1. The third kappa shape index (κ3) is 5.51. The van der Waals surface area contributed by atoms with Crippen LogP contribution in [0.15, 0.2) is 29.2 Å². The fraction of sp³-hybridized carbons (Fsp3) is 0.562. The number of carbonyl (C=O) groups is 1. The molecule has 1 rings (SSSR count). The molecule has 1 amide bonds. The summed E-state index contributed by atoms with van der Waals surface area (Å²) in [5.74, 6) is 0.319. The molecule has 0 unspecified atom stereocenters. The zero-order chi connectivity index (χ0) is 17.5. The summed E-state index contributed by atoms with van der Waals surface area (Å²) in [6.45, 7) is 7.97. The van der Waals surface area contributed by atoms with Gasteiger partial charge in [-0.25, -0.2) is 8.42 Å². The molecule has 0 aromatic heterocycles. The number of hydrogen-bond acceptors (Lipinski definition) is 4. The number of hydrogen-bond donors (Lipinski definition) is 1. The molecule has 23 heavy (non-hydrogen) atoms. The average Bonchev–Trinajstić information content (AvgIpc) is 2.53. The van der Waals surface area contributed by atoms with E-state index in [-0.39, 0.29) is 29.9 Å². The van der Waals surface area contributed by atoms with Crippen molar-refractivity contribution in [2.75, 3.05) is 19.7 Å². The Hall–Kier alpha value is -1.60. The highest BCUT2D eigenvalue weighted by Crippen LogP contribution is 2.19. The van der Waals surface area contributed by atoms with Gasteiger partial charge in [0.2, 0.25) is 15.9 Å². The van der Waals surface area contributed by atoms with Gasteiger partial charge in [-0.3, -0.25) is 4.79 Å². The fourth-order valence-corrected chi connectivity index (χ4v) is 3.38. The summed E-state index contributed by atoms with van der Waals surface area (Å²) in [6, 6.07) is 6.24. The Morgan fingerprint density at radius 2 is 1.83 bits per heavy atom. The molecule has 0 bridgehead atoms. The lowest BCUT2D eigenvalue weighted by molar-refractivity contribution is -0.121. The summed E-state index contributed by atoms with van der Waals surface area (Å²) in [4.78, 5) is 12.1. The van der Waals surface area contributed by atoms with Gasteiger partial charge in [0.05, 0.1) is 18.0 Å². The summed E-state index contributed by atoms with van der Waals surface area (Å²) in [5, 5.41) is 2.78. The number of nitrogens with one attached hydrogen (secondary N) is 1. The Balaban J connectivity index is 2.87. The molecule has 0 radical (unpaired) electrons. The average molecular weight is 342 g/mol. The number of benzene rings is 1. The van der Waals surface area contributed by atoms with E-state index in [1.165, 1.54) is 16.4 Å². The van der Waals surface area contributed by atoms with Crippen LogP contribution in [0.3, 0.4) is 0 Å². The molecule has 0 saturated carbocycles. The van der Waals surface area contributed by atoms with Crippen molar-refractivity contribution in [2.45, 2.75) is 45.1 Å².